The molecule has 2 unspecified atom stereocenters. The van der Waals surface area contributed by atoms with Crippen molar-refractivity contribution in [2.24, 2.45) is 0 Å². The van der Waals surface area contributed by atoms with E-state index in [2.05, 4.69) is 5.32 Å². The number of unbranched alkanes of at least 4 members (excludes halogenated alkanes) is 1. The van der Waals surface area contributed by atoms with E-state index in [1.807, 2.05) is 0 Å². The first kappa shape index (κ1) is 15.8. The molecule has 1 fully saturated rings. The Bertz CT molecular complexity index is 319. The molecule has 1 saturated heterocycles. The average Bonchev–Trinajstić information content (AvgIpc) is 2.56. The van der Waals surface area contributed by atoms with Gasteiger partial charge in [-0.3, -0.25) is 0 Å². The molecule has 1 aliphatic heterocycles. The monoisotopic (exact) mass is 281 g/mol. The number of aliphatic hydroxyl groups is 1. The summed E-state index contributed by atoms with van der Waals surface area (Å²) in [5.74, 6) is -0.0801. The maximum Gasteiger partial charge on any atom is 0.154 e. The van der Waals surface area contributed by atoms with E-state index in [0.29, 0.717) is 26.4 Å². The van der Waals surface area contributed by atoms with Gasteiger partial charge in [0.2, 0.25) is 0 Å². The van der Waals surface area contributed by atoms with Gasteiger partial charge in [0.25, 0.3) is 0 Å². The molecule has 0 saturated carbocycles. The Balaban J connectivity index is 1.98. The van der Waals surface area contributed by atoms with E-state index < -0.39 is 15.9 Å². The molecule has 2 atom stereocenters. The summed E-state index contributed by atoms with van der Waals surface area (Å²) in [7, 11) is -1.42. The van der Waals surface area contributed by atoms with Crippen LogP contribution in [0.5, 0.6) is 0 Å². The SMILES string of the molecule is COCCOCCCCNC1CS(=O)(=O)CC1O. The van der Waals surface area contributed by atoms with Gasteiger partial charge in [-0.05, 0) is 19.4 Å². The van der Waals surface area contributed by atoms with Crippen molar-refractivity contribution in [2.45, 2.75) is 25.0 Å². The van der Waals surface area contributed by atoms with Gasteiger partial charge in [0, 0.05) is 19.8 Å². The second-order valence-corrected chi connectivity index (χ2v) is 6.67. The van der Waals surface area contributed by atoms with Crippen LogP contribution in [-0.4, -0.2) is 70.7 Å². The van der Waals surface area contributed by atoms with Crippen LogP contribution in [0.2, 0.25) is 0 Å². The predicted molar refractivity (Wildman–Crippen MR) is 68.4 cm³/mol. The highest BCUT2D eigenvalue weighted by molar-refractivity contribution is 7.91. The van der Waals surface area contributed by atoms with Gasteiger partial charge in [0.15, 0.2) is 9.84 Å². The van der Waals surface area contributed by atoms with Gasteiger partial charge in [-0.1, -0.05) is 0 Å². The van der Waals surface area contributed by atoms with Crippen molar-refractivity contribution in [1.82, 2.24) is 5.32 Å². The lowest BCUT2D eigenvalue weighted by Gasteiger charge is -2.14. The van der Waals surface area contributed by atoms with Gasteiger partial charge in [-0.15, -0.1) is 0 Å². The molecule has 6 nitrogen and oxygen atoms in total. The Hall–Kier alpha value is -0.210. The first-order valence-corrected chi connectivity index (χ1v) is 8.06. The second kappa shape index (κ2) is 8.06. The number of hydrogen-bond donors (Lipinski definition) is 2. The van der Waals surface area contributed by atoms with Crippen LogP contribution >= 0.6 is 0 Å². The van der Waals surface area contributed by atoms with Crippen molar-refractivity contribution in [3.63, 3.8) is 0 Å². The number of ether oxygens (including phenoxy) is 2. The summed E-state index contributed by atoms with van der Waals surface area (Å²) >= 11 is 0. The quantitative estimate of drug-likeness (QED) is 0.537. The van der Waals surface area contributed by atoms with E-state index in [-0.39, 0.29) is 17.5 Å². The molecular weight excluding hydrogens is 258 g/mol. The molecule has 0 aromatic rings. The minimum atomic E-state index is -3.05. The highest BCUT2D eigenvalue weighted by Gasteiger charge is 2.35. The fraction of sp³-hybridized carbons (Fsp3) is 1.00. The first-order valence-electron chi connectivity index (χ1n) is 6.24. The number of methoxy groups -OCH3 is 1. The Morgan fingerprint density at radius 3 is 2.61 bits per heavy atom. The summed E-state index contributed by atoms with van der Waals surface area (Å²) in [5.41, 5.74) is 0. The normalized spacial score (nSPS) is 26.6. The van der Waals surface area contributed by atoms with Crippen LogP contribution in [0.15, 0.2) is 0 Å². The van der Waals surface area contributed by atoms with E-state index >= 15 is 0 Å². The molecule has 7 heteroatoms. The van der Waals surface area contributed by atoms with Gasteiger partial charge in [-0.25, -0.2) is 8.42 Å². The molecule has 1 rings (SSSR count). The summed E-state index contributed by atoms with van der Waals surface area (Å²) < 4.78 is 32.7. The maximum atomic E-state index is 11.3. The molecule has 0 bridgehead atoms. The summed E-state index contributed by atoms with van der Waals surface area (Å²) in [6.07, 6.45) is 1.04. The fourth-order valence-electron chi connectivity index (χ4n) is 1.88. The number of hydrogen-bond acceptors (Lipinski definition) is 6. The number of aliphatic hydroxyl groups excluding tert-OH is 1. The average molecular weight is 281 g/mol. The van der Waals surface area contributed by atoms with E-state index in [1.54, 1.807) is 7.11 Å². The zero-order chi connectivity index (χ0) is 13.4. The lowest BCUT2D eigenvalue weighted by atomic mass is 10.2. The molecule has 0 aliphatic carbocycles. The van der Waals surface area contributed by atoms with E-state index in [4.69, 9.17) is 9.47 Å². The van der Waals surface area contributed by atoms with Crippen molar-refractivity contribution in [2.75, 3.05) is 45.0 Å². The molecule has 108 valence electrons. The molecule has 1 heterocycles. The fourth-order valence-corrected chi connectivity index (χ4v) is 3.66. The third-order valence-corrected chi connectivity index (χ3v) is 4.59. The third-order valence-electron chi connectivity index (χ3n) is 2.88. The molecular formula is C11H23NO5S. The lowest BCUT2D eigenvalue weighted by Crippen LogP contribution is -2.39. The predicted octanol–water partition coefficient (Wildman–Crippen LogP) is -0.823. The van der Waals surface area contributed by atoms with Gasteiger partial charge in [0.1, 0.15) is 0 Å². The van der Waals surface area contributed by atoms with E-state index in [0.717, 1.165) is 12.8 Å². The second-order valence-electron chi connectivity index (χ2n) is 4.52. The standard InChI is InChI=1S/C11H23NO5S/c1-16-6-7-17-5-3-2-4-12-10-8-18(14,15)9-11(10)13/h10-13H,2-9H2,1H3. The Morgan fingerprint density at radius 2 is 2.00 bits per heavy atom. The van der Waals surface area contributed by atoms with Crippen molar-refractivity contribution >= 4 is 9.84 Å². The molecule has 2 N–H and O–H groups in total. The number of nitrogens with one attached hydrogen (secondary N) is 1. The Morgan fingerprint density at radius 1 is 1.22 bits per heavy atom. The maximum absolute atomic E-state index is 11.3. The largest absolute Gasteiger partial charge is 0.390 e. The molecule has 0 aromatic carbocycles. The first-order chi connectivity index (χ1) is 8.55. The Kier molecular flexibility index (Phi) is 7.10. The van der Waals surface area contributed by atoms with Crippen LogP contribution in [-0.2, 0) is 19.3 Å². The van der Waals surface area contributed by atoms with Crippen molar-refractivity contribution in [3.8, 4) is 0 Å². The van der Waals surface area contributed by atoms with Crippen molar-refractivity contribution < 1.29 is 23.0 Å². The zero-order valence-corrected chi connectivity index (χ0v) is 11.6. The van der Waals surface area contributed by atoms with Crippen LogP contribution in [0.25, 0.3) is 0 Å². The van der Waals surface area contributed by atoms with E-state index in [1.165, 1.54) is 0 Å². The smallest absolute Gasteiger partial charge is 0.154 e. The Labute approximate surface area is 109 Å². The van der Waals surface area contributed by atoms with Gasteiger partial charge >= 0.3 is 0 Å². The van der Waals surface area contributed by atoms with Crippen LogP contribution in [0, 0.1) is 0 Å². The summed E-state index contributed by atoms with van der Waals surface area (Å²) in [5, 5.41) is 12.6. The van der Waals surface area contributed by atoms with Crippen molar-refractivity contribution in [1.29, 1.82) is 0 Å². The van der Waals surface area contributed by atoms with Gasteiger partial charge in [-0.2, -0.15) is 0 Å². The van der Waals surface area contributed by atoms with Crippen molar-refractivity contribution in [3.05, 3.63) is 0 Å². The van der Waals surface area contributed by atoms with Gasteiger partial charge < -0.3 is 19.9 Å². The summed E-state index contributed by atoms with van der Waals surface area (Å²) in [6, 6.07) is -0.315. The minimum absolute atomic E-state index is 0.0402. The molecule has 0 aromatic heterocycles. The van der Waals surface area contributed by atoms with Crippen LogP contribution < -0.4 is 5.32 Å². The number of sulfone groups is 1. The zero-order valence-electron chi connectivity index (χ0n) is 10.8. The van der Waals surface area contributed by atoms with E-state index in [9.17, 15) is 13.5 Å². The van der Waals surface area contributed by atoms with Crippen LogP contribution in [0.4, 0.5) is 0 Å². The molecule has 0 amide bonds. The van der Waals surface area contributed by atoms with Crippen LogP contribution in [0.1, 0.15) is 12.8 Å². The third kappa shape index (κ3) is 6.10. The summed E-state index contributed by atoms with van der Waals surface area (Å²) in [6.45, 7) is 2.58. The highest BCUT2D eigenvalue weighted by Crippen LogP contribution is 2.12. The minimum Gasteiger partial charge on any atom is -0.390 e. The molecule has 0 spiro atoms. The number of rotatable bonds is 9. The van der Waals surface area contributed by atoms with Crippen LogP contribution in [0.3, 0.4) is 0 Å². The molecule has 18 heavy (non-hydrogen) atoms. The molecule has 0 radical (unpaired) electrons. The highest BCUT2D eigenvalue weighted by atomic mass is 32.2. The molecule has 1 aliphatic rings. The topological polar surface area (TPSA) is 84.9 Å². The summed E-state index contributed by atoms with van der Waals surface area (Å²) in [4.78, 5) is 0. The van der Waals surface area contributed by atoms with Gasteiger partial charge in [0.05, 0.1) is 30.8 Å². The lowest BCUT2D eigenvalue weighted by molar-refractivity contribution is 0.0686.